The molecular formula is C65H110O6. The Labute approximate surface area is 438 Å². The Morgan fingerprint density at radius 2 is 0.549 bits per heavy atom. The number of ether oxygens (including phenoxy) is 3. The van der Waals surface area contributed by atoms with Crippen LogP contribution in [0, 0.1) is 0 Å². The van der Waals surface area contributed by atoms with Crippen LogP contribution in [0.1, 0.15) is 278 Å². The van der Waals surface area contributed by atoms with Gasteiger partial charge < -0.3 is 14.2 Å². The van der Waals surface area contributed by atoms with Crippen molar-refractivity contribution in [2.75, 3.05) is 13.2 Å². The molecule has 6 heteroatoms. The summed E-state index contributed by atoms with van der Waals surface area (Å²) in [6.07, 6.45) is 78.6. The molecule has 0 heterocycles. The zero-order valence-corrected chi connectivity index (χ0v) is 46.5. The number of hydrogen-bond acceptors (Lipinski definition) is 6. The highest BCUT2D eigenvalue weighted by molar-refractivity contribution is 5.71. The number of allylic oxidation sites excluding steroid dienone is 16. The van der Waals surface area contributed by atoms with E-state index >= 15 is 0 Å². The van der Waals surface area contributed by atoms with Gasteiger partial charge in [-0.05, 0) is 83.5 Å². The third-order valence-corrected chi connectivity index (χ3v) is 12.6. The van der Waals surface area contributed by atoms with Gasteiger partial charge in [0, 0.05) is 19.3 Å². The van der Waals surface area contributed by atoms with Crippen LogP contribution in [0.3, 0.4) is 0 Å². The Hall–Kier alpha value is -3.67. The molecule has 0 radical (unpaired) electrons. The van der Waals surface area contributed by atoms with Crippen LogP contribution in [0.2, 0.25) is 0 Å². The highest BCUT2D eigenvalue weighted by Gasteiger charge is 2.19. The van der Waals surface area contributed by atoms with Crippen LogP contribution >= 0.6 is 0 Å². The van der Waals surface area contributed by atoms with Gasteiger partial charge in [-0.25, -0.2) is 0 Å². The first kappa shape index (κ1) is 67.3. The molecule has 0 saturated carbocycles. The summed E-state index contributed by atoms with van der Waals surface area (Å²) in [5.74, 6) is -0.881. The molecule has 406 valence electrons. The van der Waals surface area contributed by atoms with Gasteiger partial charge >= 0.3 is 17.9 Å². The van der Waals surface area contributed by atoms with E-state index in [2.05, 4.69) is 118 Å². The Morgan fingerprint density at radius 1 is 0.296 bits per heavy atom. The zero-order valence-electron chi connectivity index (χ0n) is 46.5. The maximum atomic E-state index is 12.7. The lowest BCUT2D eigenvalue weighted by atomic mass is 10.1. The Morgan fingerprint density at radius 3 is 0.859 bits per heavy atom. The summed E-state index contributed by atoms with van der Waals surface area (Å²) in [6, 6.07) is 0. The molecule has 71 heavy (non-hydrogen) atoms. The van der Waals surface area contributed by atoms with Gasteiger partial charge in [-0.1, -0.05) is 272 Å². The fraction of sp³-hybridized carbons (Fsp3) is 0.708. The molecular weight excluding hydrogens is 877 g/mol. The molecule has 0 aromatic carbocycles. The number of esters is 3. The summed E-state index contributed by atoms with van der Waals surface area (Å²) >= 11 is 0. The highest BCUT2D eigenvalue weighted by atomic mass is 16.6. The number of unbranched alkanes of at least 4 members (excludes halogenated alkanes) is 26. The molecule has 0 amide bonds. The standard InChI is InChI=1S/C65H110O6/c1-4-7-10-13-16-19-21-22-23-24-25-26-27-28-29-30-31-32-33-34-35-36-37-38-39-40-41-42-43-44-45-47-49-52-55-58-64(67)70-61-62(60-69-63(66)57-54-51-48-18-15-12-9-6-3)71-65(68)59-56-53-50-46-20-17-14-11-8-5-2/h7,10,16,19,22-23,25-26,28-29,31-32,34-35,37-38,62H,4-6,8-9,11-15,17-18,20-21,24,27,30,33,36,39-61H2,1-3H3/b10-7-,19-16-,23-22-,26-25-,29-28-,32-31-,35-34-,38-37-. The lowest BCUT2D eigenvalue weighted by Crippen LogP contribution is -2.30. The SMILES string of the molecule is CC/C=C\C/C=C\C/C=C\C/C=C\C/C=C\C/C=C\C/C=C\C/C=C\CCCCCCCCCCCCC(=O)OCC(COC(=O)CCCCCCCCCC)OC(=O)CCCCCCCCCCCC. The van der Waals surface area contributed by atoms with Crippen molar-refractivity contribution >= 4 is 17.9 Å². The van der Waals surface area contributed by atoms with Crippen molar-refractivity contribution < 1.29 is 28.6 Å². The van der Waals surface area contributed by atoms with Crippen LogP contribution < -0.4 is 0 Å². The molecule has 0 aliphatic carbocycles. The van der Waals surface area contributed by atoms with Crippen molar-refractivity contribution in [2.45, 2.75) is 284 Å². The van der Waals surface area contributed by atoms with E-state index in [4.69, 9.17) is 14.2 Å². The first-order valence-corrected chi connectivity index (χ1v) is 29.7. The number of carbonyl (C=O) groups is 3. The Kier molecular flexibility index (Phi) is 55.9. The monoisotopic (exact) mass is 987 g/mol. The van der Waals surface area contributed by atoms with Crippen molar-refractivity contribution in [3.63, 3.8) is 0 Å². The molecule has 0 aliphatic heterocycles. The molecule has 6 nitrogen and oxygen atoms in total. The van der Waals surface area contributed by atoms with Crippen LogP contribution in [0.25, 0.3) is 0 Å². The van der Waals surface area contributed by atoms with Crippen LogP contribution in [-0.4, -0.2) is 37.2 Å². The maximum Gasteiger partial charge on any atom is 0.306 e. The van der Waals surface area contributed by atoms with E-state index in [1.165, 1.54) is 128 Å². The van der Waals surface area contributed by atoms with Crippen molar-refractivity contribution in [2.24, 2.45) is 0 Å². The topological polar surface area (TPSA) is 78.9 Å². The highest BCUT2D eigenvalue weighted by Crippen LogP contribution is 2.15. The van der Waals surface area contributed by atoms with Gasteiger partial charge in [0.1, 0.15) is 13.2 Å². The third-order valence-electron chi connectivity index (χ3n) is 12.6. The van der Waals surface area contributed by atoms with Crippen LogP contribution in [-0.2, 0) is 28.6 Å². The lowest BCUT2D eigenvalue weighted by Gasteiger charge is -2.18. The quantitative estimate of drug-likeness (QED) is 0.0261. The summed E-state index contributed by atoms with van der Waals surface area (Å²) in [7, 11) is 0. The van der Waals surface area contributed by atoms with Gasteiger partial charge in [0.2, 0.25) is 0 Å². The van der Waals surface area contributed by atoms with E-state index in [1.54, 1.807) is 0 Å². The molecule has 0 saturated heterocycles. The fourth-order valence-electron chi connectivity index (χ4n) is 8.16. The van der Waals surface area contributed by atoms with Crippen LogP contribution in [0.5, 0.6) is 0 Å². The largest absolute Gasteiger partial charge is 0.462 e. The first-order valence-electron chi connectivity index (χ1n) is 29.7. The third kappa shape index (κ3) is 57.1. The lowest BCUT2D eigenvalue weighted by molar-refractivity contribution is -0.167. The second kappa shape index (κ2) is 58.9. The molecule has 0 bridgehead atoms. The first-order chi connectivity index (χ1) is 35.0. The molecule has 0 aliphatic rings. The number of hydrogen-bond donors (Lipinski definition) is 0. The average molecular weight is 988 g/mol. The van der Waals surface area contributed by atoms with Crippen molar-refractivity contribution in [3.8, 4) is 0 Å². The zero-order chi connectivity index (χ0) is 51.4. The minimum atomic E-state index is -0.772. The minimum absolute atomic E-state index is 0.0743. The Balaban J connectivity index is 4.04. The number of rotatable bonds is 53. The van der Waals surface area contributed by atoms with Crippen LogP contribution in [0.4, 0.5) is 0 Å². The van der Waals surface area contributed by atoms with Gasteiger partial charge in [-0.3, -0.25) is 14.4 Å². The molecule has 0 rings (SSSR count). The number of carbonyl (C=O) groups excluding carboxylic acids is 3. The molecule has 0 fully saturated rings. The van der Waals surface area contributed by atoms with Gasteiger partial charge in [0.25, 0.3) is 0 Å². The average Bonchev–Trinajstić information content (AvgIpc) is 3.37. The van der Waals surface area contributed by atoms with E-state index in [-0.39, 0.29) is 31.1 Å². The summed E-state index contributed by atoms with van der Waals surface area (Å²) in [5.41, 5.74) is 0. The summed E-state index contributed by atoms with van der Waals surface area (Å²) in [5, 5.41) is 0. The molecule has 0 spiro atoms. The molecule has 0 aromatic heterocycles. The van der Waals surface area contributed by atoms with Crippen LogP contribution in [0.15, 0.2) is 97.2 Å². The molecule has 1 atom stereocenters. The van der Waals surface area contributed by atoms with E-state index in [1.807, 2.05) is 0 Å². The summed E-state index contributed by atoms with van der Waals surface area (Å²) in [4.78, 5) is 37.9. The van der Waals surface area contributed by atoms with E-state index in [0.717, 1.165) is 109 Å². The predicted molar refractivity (Wildman–Crippen MR) is 307 cm³/mol. The molecule has 0 aromatic rings. The minimum Gasteiger partial charge on any atom is -0.462 e. The summed E-state index contributed by atoms with van der Waals surface area (Å²) < 4.78 is 16.8. The van der Waals surface area contributed by atoms with E-state index < -0.39 is 6.10 Å². The maximum absolute atomic E-state index is 12.7. The second-order valence-electron chi connectivity index (χ2n) is 19.5. The van der Waals surface area contributed by atoms with Gasteiger partial charge in [-0.15, -0.1) is 0 Å². The van der Waals surface area contributed by atoms with Gasteiger partial charge in [0.15, 0.2) is 6.10 Å². The van der Waals surface area contributed by atoms with E-state index in [9.17, 15) is 14.4 Å². The molecule has 1 unspecified atom stereocenters. The van der Waals surface area contributed by atoms with Crippen molar-refractivity contribution in [1.29, 1.82) is 0 Å². The predicted octanol–water partition coefficient (Wildman–Crippen LogP) is 20.1. The second-order valence-corrected chi connectivity index (χ2v) is 19.5. The van der Waals surface area contributed by atoms with E-state index in [0.29, 0.717) is 19.3 Å². The smallest absolute Gasteiger partial charge is 0.306 e. The fourth-order valence-corrected chi connectivity index (χ4v) is 8.16. The Bertz CT molecular complexity index is 1410. The normalized spacial score (nSPS) is 12.8. The van der Waals surface area contributed by atoms with Crippen molar-refractivity contribution in [1.82, 2.24) is 0 Å². The van der Waals surface area contributed by atoms with Gasteiger partial charge in [0.05, 0.1) is 0 Å². The van der Waals surface area contributed by atoms with Crippen molar-refractivity contribution in [3.05, 3.63) is 97.2 Å². The van der Waals surface area contributed by atoms with Gasteiger partial charge in [-0.2, -0.15) is 0 Å². The molecule has 0 N–H and O–H groups in total. The summed E-state index contributed by atoms with van der Waals surface area (Å²) in [6.45, 7) is 6.48.